The summed E-state index contributed by atoms with van der Waals surface area (Å²) in [5.74, 6) is -5.26. The van der Waals surface area contributed by atoms with Crippen molar-refractivity contribution in [3.8, 4) is 0 Å². The van der Waals surface area contributed by atoms with Gasteiger partial charge in [0.15, 0.2) is 5.41 Å². The number of amides is 1. The van der Waals surface area contributed by atoms with Crippen LogP contribution in [0.4, 0.5) is 4.79 Å². The van der Waals surface area contributed by atoms with Crippen molar-refractivity contribution in [2.45, 2.75) is 56.3 Å². The van der Waals surface area contributed by atoms with Gasteiger partial charge in [-0.05, 0) is 40.0 Å². The molecule has 1 N–H and O–H groups in total. The van der Waals surface area contributed by atoms with Crippen LogP contribution >= 0.6 is 34.8 Å². The minimum atomic E-state index is -1.97. The molecule has 0 aromatic rings. The van der Waals surface area contributed by atoms with Gasteiger partial charge in [0.1, 0.15) is 12.6 Å². The van der Waals surface area contributed by atoms with Gasteiger partial charge in [0, 0.05) is 12.5 Å². The van der Waals surface area contributed by atoms with E-state index in [0.717, 1.165) is 4.90 Å². The number of rotatable bonds is 8. The molecule has 1 amide bonds. The first-order valence-electron chi connectivity index (χ1n) is 11.5. The van der Waals surface area contributed by atoms with Gasteiger partial charge in [-0.25, -0.2) is 9.59 Å². The van der Waals surface area contributed by atoms with E-state index >= 15 is 0 Å². The molecule has 0 bridgehead atoms. The number of halogens is 3. The fourth-order valence-electron chi connectivity index (χ4n) is 5.21. The number of piperidine rings is 1. The van der Waals surface area contributed by atoms with Crippen LogP contribution in [0.3, 0.4) is 0 Å². The number of hydrogen-bond acceptors (Lipinski definition) is 9. The summed E-state index contributed by atoms with van der Waals surface area (Å²) >= 11 is 17.0. The normalized spacial score (nSPS) is 25.2. The van der Waals surface area contributed by atoms with Crippen LogP contribution in [0.5, 0.6) is 0 Å². The highest BCUT2D eigenvalue weighted by Crippen LogP contribution is 2.58. The standard InChI is InChI=1S/C22H30Cl3NO10/c1-4-33-16(29)20-8-7-9-21(17(30)34-5-2,18(31)35-6-3)14(20)10-13(15(27)28)26(11-20)19(32)36-12-22(23,24)25/h13-14H,4-12H2,1-3H3,(H,27,28)/t13-,14-,20-/m1/s1. The maximum absolute atomic E-state index is 13.4. The van der Waals surface area contributed by atoms with Gasteiger partial charge in [0.25, 0.3) is 0 Å². The van der Waals surface area contributed by atoms with Gasteiger partial charge < -0.3 is 24.1 Å². The summed E-state index contributed by atoms with van der Waals surface area (Å²) in [6.07, 6.45) is -1.31. The Labute approximate surface area is 223 Å². The Bertz CT molecular complexity index is 859. The first-order chi connectivity index (χ1) is 16.8. The van der Waals surface area contributed by atoms with Gasteiger partial charge in [-0.1, -0.05) is 41.2 Å². The molecule has 0 spiro atoms. The van der Waals surface area contributed by atoms with Crippen LogP contribution in [-0.2, 0) is 38.1 Å². The monoisotopic (exact) mass is 573 g/mol. The molecule has 0 aromatic heterocycles. The van der Waals surface area contributed by atoms with Crippen molar-refractivity contribution in [2.24, 2.45) is 16.7 Å². The Morgan fingerprint density at radius 2 is 1.42 bits per heavy atom. The molecule has 0 unspecified atom stereocenters. The number of carbonyl (C=O) groups excluding carboxylic acids is 4. The molecular formula is C22H30Cl3NO10. The predicted octanol–water partition coefficient (Wildman–Crippen LogP) is 3.11. The van der Waals surface area contributed by atoms with E-state index in [9.17, 15) is 29.1 Å². The number of carbonyl (C=O) groups is 5. The van der Waals surface area contributed by atoms with Gasteiger partial charge >= 0.3 is 30.0 Å². The van der Waals surface area contributed by atoms with Crippen molar-refractivity contribution >= 4 is 64.8 Å². The molecule has 14 heteroatoms. The van der Waals surface area contributed by atoms with Crippen LogP contribution in [0, 0.1) is 16.7 Å². The van der Waals surface area contributed by atoms with Crippen molar-refractivity contribution in [1.29, 1.82) is 0 Å². The summed E-state index contributed by atoms with van der Waals surface area (Å²) < 4.78 is 18.9. The molecule has 2 fully saturated rings. The third-order valence-corrected chi connectivity index (χ3v) is 6.91. The lowest BCUT2D eigenvalue weighted by Crippen LogP contribution is -2.68. The molecule has 2 aliphatic rings. The van der Waals surface area contributed by atoms with Crippen molar-refractivity contribution in [3.05, 3.63) is 0 Å². The second-order valence-corrected chi connectivity index (χ2v) is 11.1. The number of ether oxygens (including phenoxy) is 4. The van der Waals surface area contributed by atoms with Crippen LogP contribution in [-0.4, -0.2) is 82.8 Å². The molecule has 0 aromatic carbocycles. The zero-order valence-corrected chi connectivity index (χ0v) is 22.5. The molecule has 2 rings (SSSR count). The van der Waals surface area contributed by atoms with Crippen LogP contribution in [0.25, 0.3) is 0 Å². The van der Waals surface area contributed by atoms with E-state index in [0.29, 0.717) is 0 Å². The number of esters is 3. The lowest BCUT2D eigenvalue weighted by atomic mass is 9.51. The first-order valence-corrected chi connectivity index (χ1v) is 12.7. The lowest BCUT2D eigenvalue weighted by molar-refractivity contribution is -0.203. The summed E-state index contributed by atoms with van der Waals surface area (Å²) in [5, 5.41) is 9.98. The largest absolute Gasteiger partial charge is 0.480 e. The Morgan fingerprint density at radius 1 is 0.889 bits per heavy atom. The number of hydrogen-bond donors (Lipinski definition) is 1. The van der Waals surface area contributed by atoms with Gasteiger partial charge in [0.2, 0.25) is 3.79 Å². The topological polar surface area (TPSA) is 146 Å². The summed E-state index contributed by atoms with van der Waals surface area (Å²) in [6, 6.07) is -1.57. The predicted molar refractivity (Wildman–Crippen MR) is 126 cm³/mol. The molecule has 1 aliphatic carbocycles. The van der Waals surface area contributed by atoms with E-state index in [1.165, 1.54) is 0 Å². The number of alkyl halides is 3. The zero-order valence-electron chi connectivity index (χ0n) is 20.2. The fraction of sp³-hybridized carbons (Fsp3) is 0.773. The van der Waals surface area contributed by atoms with Crippen molar-refractivity contribution < 1.29 is 48.0 Å². The molecule has 204 valence electrons. The van der Waals surface area contributed by atoms with Crippen LogP contribution in [0.15, 0.2) is 0 Å². The maximum atomic E-state index is 13.4. The number of nitrogens with zero attached hydrogens (tertiary/aromatic N) is 1. The minimum Gasteiger partial charge on any atom is -0.480 e. The number of fused-ring (bicyclic) bond motifs is 1. The Hall–Kier alpha value is -1.98. The van der Waals surface area contributed by atoms with Gasteiger partial charge in [-0.3, -0.25) is 19.3 Å². The molecule has 11 nitrogen and oxygen atoms in total. The Balaban J connectivity index is 2.67. The average Bonchev–Trinajstić information content (AvgIpc) is 2.80. The van der Waals surface area contributed by atoms with E-state index in [1.807, 2.05) is 0 Å². The SMILES string of the molecule is CCOC(=O)C1(C(=O)OCC)CCC[C@@]2(C(=O)OCC)CN(C(=O)OCC(Cl)(Cl)Cl)[C@@H](C(=O)O)C[C@@H]12. The van der Waals surface area contributed by atoms with E-state index < -0.39 is 76.1 Å². The molecule has 1 aliphatic heterocycles. The Morgan fingerprint density at radius 3 is 1.89 bits per heavy atom. The van der Waals surface area contributed by atoms with E-state index in [1.54, 1.807) is 20.8 Å². The van der Waals surface area contributed by atoms with E-state index in [4.69, 9.17) is 53.8 Å². The van der Waals surface area contributed by atoms with Gasteiger partial charge in [-0.15, -0.1) is 0 Å². The molecule has 0 radical (unpaired) electrons. The van der Waals surface area contributed by atoms with Crippen molar-refractivity contribution in [2.75, 3.05) is 33.0 Å². The number of aliphatic carboxylic acids is 1. The third kappa shape index (κ3) is 5.94. The number of carboxylic acid groups (broad SMARTS) is 1. The molecule has 1 saturated carbocycles. The van der Waals surface area contributed by atoms with E-state index in [2.05, 4.69) is 0 Å². The Kier molecular flexibility index (Phi) is 10.1. The van der Waals surface area contributed by atoms with Crippen LogP contribution in [0.2, 0.25) is 0 Å². The number of carboxylic acids is 1. The quantitative estimate of drug-likeness (QED) is 0.199. The molecule has 1 saturated heterocycles. The van der Waals surface area contributed by atoms with E-state index in [-0.39, 0.29) is 39.1 Å². The zero-order chi connectivity index (χ0) is 27.3. The highest BCUT2D eigenvalue weighted by molar-refractivity contribution is 6.67. The highest BCUT2D eigenvalue weighted by atomic mass is 35.6. The summed E-state index contributed by atoms with van der Waals surface area (Å²) in [7, 11) is 0. The minimum absolute atomic E-state index is 0.0272. The third-order valence-electron chi connectivity index (χ3n) is 6.58. The maximum Gasteiger partial charge on any atom is 0.410 e. The molecule has 1 heterocycles. The summed E-state index contributed by atoms with van der Waals surface area (Å²) in [6.45, 7) is 3.36. The van der Waals surface area contributed by atoms with Gasteiger partial charge in [-0.2, -0.15) is 0 Å². The van der Waals surface area contributed by atoms with Crippen LogP contribution in [0.1, 0.15) is 46.5 Å². The lowest BCUT2D eigenvalue weighted by Gasteiger charge is -2.55. The smallest absolute Gasteiger partial charge is 0.410 e. The first kappa shape index (κ1) is 30.2. The molecule has 3 atom stereocenters. The summed E-state index contributed by atoms with van der Waals surface area (Å²) in [5.41, 5.74) is -3.60. The summed E-state index contributed by atoms with van der Waals surface area (Å²) in [4.78, 5) is 66.2. The van der Waals surface area contributed by atoms with Gasteiger partial charge in [0.05, 0.1) is 25.2 Å². The number of likely N-dealkylation sites (tertiary alicyclic amines) is 1. The van der Waals surface area contributed by atoms with Crippen molar-refractivity contribution in [3.63, 3.8) is 0 Å². The fourth-order valence-corrected chi connectivity index (χ4v) is 5.37. The highest BCUT2D eigenvalue weighted by Gasteiger charge is 2.69. The van der Waals surface area contributed by atoms with Crippen LogP contribution < -0.4 is 0 Å². The molecular weight excluding hydrogens is 545 g/mol. The second-order valence-electron chi connectivity index (χ2n) is 8.58. The second kappa shape index (κ2) is 12.0. The van der Waals surface area contributed by atoms with Crippen molar-refractivity contribution in [1.82, 2.24) is 4.90 Å². The average molecular weight is 575 g/mol. The molecule has 36 heavy (non-hydrogen) atoms.